The van der Waals surface area contributed by atoms with E-state index in [2.05, 4.69) is 12.2 Å². The molecule has 2 unspecified atom stereocenters. The van der Waals surface area contributed by atoms with E-state index in [1.165, 1.54) is 19.3 Å². The molecule has 1 aliphatic carbocycles. The van der Waals surface area contributed by atoms with Crippen molar-refractivity contribution in [2.75, 3.05) is 11.9 Å². The molecule has 0 radical (unpaired) electrons. The first-order valence-electron chi connectivity index (χ1n) is 6.57. The molecule has 2 rings (SSSR count). The molecule has 2 atom stereocenters. The van der Waals surface area contributed by atoms with Crippen LogP contribution in [0.3, 0.4) is 0 Å². The maximum atomic E-state index is 10.7. The Hall–Kier alpha value is -1.58. The predicted molar refractivity (Wildman–Crippen MR) is 72.8 cm³/mol. The highest BCUT2D eigenvalue weighted by Gasteiger charge is 2.23. The molecular formula is C14H20N2O2. The lowest BCUT2D eigenvalue weighted by Gasteiger charge is -2.17. The Morgan fingerprint density at radius 1 is 1.44 bits per heavy atom. The fourth-order valence-electron chi connectivity index (χ4n) is 2.73. The van der Waals surface area contributed by atoms with E-state index in [9.17, 15) is 10.1 Å². The monoisotopic (exact) mass is 248 g/mol. The van der Waals surface area contributed by atoms with E-state index in [1.54, 1.807) is 12.1 Å². The van der Waals surface area contributed by atoms with E-state index in [1.807, 2.05) is 13.0 Å². The van der Waals surface area contributed by atoms with Gasteiger partial charge in [0.25, 0.3) is 5.69 Å². The average Bonchev–Trinajstić information content (AvgIpc) is 2.73. The van der Waals surface area contributed by atoms with Gasteiger partial charge in [0.2, 0.25) is 0 Å². The molecule has 1 aromatic rings. The quantitative estimate of drug-likeness (QED) is 0.652. The Bertz CT molecular complexity index is 445. The van der Waals surface area contributed by atoms with Crippen molar-refractivity contribution in [2.24, 2.45) is 11.8 Å². The average molecular weight is 248 g/mol. The second kappa shape index (κ2) is 5.38. The fraction of sp³-hybridized carbons (Fsp3) is 0.571. The lowest BCUT2D eigenvalue weighted by atomic mass is 9.98. The van der Waals surface area contributed by atoms with Crippen LogP contribution in [-0.4, -0.2) is 11.5 Å². The van der Waals surface area contributed by atoms with Crippen LogP contribution in [0.25, 0.3) is 0 Å². The molecule has 0 aliphatic heterocycles. The zero-order valence-corrected chi connectivity index (χ0v) is 11.0. The third-order valence-corrected chi connectivity index (χ3v) is 4.01. The van der Waals surface area contributed by atoms with Gasteiger partial charge >= 0.3 is 0 Å². The lowest BCUT2D eigenvalue weighted by molar-refractivity contribution is -0.384. The van der Waals surface area contributed by atoms with E-state index in [0.29, 0.717) is 0 Å². The predicted octanol–water partition coefficient (Wildman–Crippen LogP) is 3.75. The molecule has 1 aliphatic rings. The van der Waals surface area contributed by atoms with E-state index in [0.717, 1.165) is 29.6 Å². The minimum atomic E-state index is -0.351. The van der Waals surface area contributed by atoms with Crippen molar-refractivity contribution in [3.05, 3.63) is 33.9 Å². The third-order valence-electron chi connectivity index (χ3n) is 4.01. The molecule has 0 bridgehead atoms. The van der Waals surface area contributed by atoms with Crippen LogP contribution >= 0.6 is 0 Å². The summed E-state index contributed by atoms with van der Waals surface area (Å²) in [6.07, 6.45) is 3.94. The number of nitrogens with one attached hydrogen (secondary N) is 1. The normalized spacial score (nSPS) is 23.0. The molecule has 4 heteroatoms. The van der Waals surface area contributed by atoms with Crippen LogP contribution in [0, 0.1) is 28.9 Å². The van der Waals surface area contributed by atoms with Crippen molar-refractivity contribution in [1.82, 2.24) is 0 Å². The number of nitro groups is 1. The number of nitro benzene ring substituents is 1. The first-order valence-corrected chi connectivity index (χ1v) is 6.57. The van der Waals surface area contributed by atoms with Gasteiger partial charge in [0.05, 0.1) is 4.92 Å². The molecule has 4 nitrogen and oxygen atoms in total. The summed E-state index contributed by atoms with van der Waals surface area (Å²) in [4.78, 5) is 10.3. The summed E-state index contributed by atoms with van der Waals surface area (Å²) >= 11 is 0. The fourth-order valence-corrected chi connectivity index (χ4v) is 2.73. The molecule has 1 aromatic carbocycles. The highest BCUT2D eigenvalue weighted by Crippen LogP contribution is 2.31. The molecule has 18 heavy (non-hydrogen) atoms. The van der Waals surface area contributed by atoms with Gasteiger partial charge in [0, 0.05) is 24.4 Å². The van der Waals surface area contributed by atoms with Crippen molar-refractivity contribution in [3.8, 4) is 0 Å². The number of rotatable bonds is 4. The van der Waals surface area contributed by atoms with E-state index in [-0.39, 0.29) is 10.6 Å². The smallest absolute Gasteiger partial charge is 0.269 e. The van der Waals surface area contributed by atoms with Crippen LogP contribution in [0.5, 0.6) is 0 Å². The first-order chi connectivity index (χ1) is 8.58. The van der Waals surface area contributed by atoms with Gasteiger partial charge in [-0.1, -0.05) is 19.8 Å². The van der Waals surface area contributed by atoms with Crippen LogP contribution in [0.2, 0.25) is 0 Å². The molecule has 0 aromatic heterocycles. The van der Waals surface area contributed by atoms with Crippen molar-refractivity contribution in [3.63, 3.8) is 0 Å². The molecule has 0 saturated heterocycles. The largest absolute Gasteiger partial charge is 0.385 e. The number of nitrogens with zero attached hydrogens (tertiary/aromatic N) is 1. The maximum Gasteiger partial charge on any atom is 0.269 e. The topological polar surface area (TPSA) is 55.2 Å². The molecule has 0 amide bonds. The van der Waals surface area contributed by atoms with Gasteiger partial charge in [-0.15, -0.1) is 0 Å². The van der Waals surface area contributed by atoms with Crippen LogP contribution in [0.1, 0.15) is 31.7 Å². The number of anilines is 1. The molecule has 0 heterocycles. The Balaban J connectivity index is 1.99. The first kappa shape index (κ1) is 12.9. The number of hydrogen-bond donors (Lipinski definition) is 1. The van der Waals surface area contributed by atoms with Gasteiger partial charge in [-0.2, -0.15) is 0 Å². The molecular weight excluding hydrogens is 228 g/mol. The van der Waals surface area contributed by atoms with Crippen LogP contribution in [-0.2, 0) is 0 Å². The Morgan fingerprint density at radius 3 is 2.78 bits per heavy atom. The van der Waals surface area contributed by atoms with E-state index >= 15 is 0 Å². The number of aryl methyl sites for hydroxylation is 1. The summed E-state index contributed by atoms with van der Waals surface area (Å²) in [7, 11) is 0. The Labute approximate surface area is 108 Å². The lowest BCUT2D eigenvalue weighted by Crippen LogP contribution is -2.16. The van der Waals surface area contributed by atoms with Crippen molar-refractivity contribution in [2.45, 2.75) is 33.1 Å². The molecule has 0 spiro atoms. The van der Waals surface area contributed by atoms with Gasteiger partial charge < -0.3 is 5.32 Å². The third kappa shape index (κ3) is 2.81. The Morgan fingerprint density at radius 2 is 2.22 bits per heavy atom. The van der Waals surface area contributed by atoms with Crippen LogP contribution < -0.4 is 5.32 Å². The number of non-ortho nitro benzene ring substituents is 1. The highest BCUT2D eigenvalue weighted by atomic mass is 16.6. The van der Waals surface area contributed by atoms with Gasteiger partial charge in [-0.05, 0) is 36.8 Å². The van der Waals surface area contributed by atoms with Crippen LogP contribution in [0.15, 0.2) is 18.2 Å². The second-order valence-corrected chi connectivity index (χ2v) is 5.31. The second-order valence-electron chi connectivity index (χ2n) is 5.31. The van der Waals surface area contributed by atoms with Crippen molar-refractivity contribution >= 4 is 11.4 Å². The summed E-state index contributed by atoms with van der Waals surface area (Å²) in [6.45, 7) is 5.19. The summed E-state index contributed by atoms with van der Waals surface area (Å²) in [5, 5.41) is 14.1. The zero-order valence-electron chi connectivity index (χ0n) is 11.0. The van der Waals surface area contributed by atoms with Gasteiger partial charge in [0.1, 0.15) is 0 Å². The zero-order chi connectivity index (χ0) is 13.1. The minimum Gasteiger partial charge on any atom is -0.385 e. The van der Waals surface area contributed by atoms with Gasteiger partial charge in [-0.25, -0.2) is 0 Å². The Kier molecular flexibility index (Phi) is 3.84. The summed E-state index contributed by atoms with van der Waals surface area (Å²) in [5.41, 5.74) is 2.11. The summed E-state index contributed by atoms with van der Waals surface area (Å²) in [6, 6.07) is 5.00. The van der Waals surface area contributed by atoms with E-state index in [4.69, 9.17) is 0 Å². The number of benzene rings is 1. The van der Waals surface area contributed by atoms with Crippen LogP contribution in [0.4, 0.5) is 11.4 Å². The molecule has 1 fully saturated rings. The number of hydrogen-bond acceptors (Lipinski definition) is 3. The minimum absolute atomic E-state index is 0.160. The van der Waals surface area contributed by atoms with Gasteiger partial charge in [-0.3, -0.25) is 10.1 Å². The molecule has 98 valence electrons. The standard InChI is InChI=1S/C14H20N2O2/c1-10-4-3-5-12(10)9-15-14-7-6-13(16(17)18)8-11(14)2/h6-8,10,12,15H,3-5,9H2,1-2H3. The SMILES string of the molecule is Cc1cc([N+](=O)[O-])ccc1NCC1CCCC1C. The van der Waals surface area contributed by atoms with Crippen molar-refractivity contribution in [1.29, 1.82) is 0 Å². The van der Waals surface area contributed by atoms with Gasteiger partial charge in [0.15, 0.2) is 0 Å². The van der Waals surface area contributed by atoms with Crippen molar-refractivity contribution < 1.29 is 4.92 Å². The maximum absolute atomic E-state index is 10.7. The summed E-state index contributed by atoms with van der Waals surface area (Å²) in [5.74, 6) is 1.52. The highest BCUT2D eigenvalue weighted by molar-refractivity contribution is 5.55. The van der Waals surface area contributed by atoms with E-state index < -0.39 is 0 Å². The molecule has 1 N–H and O–H groups in total. The summed E-state index contributed by atoms with van der Waals surface area (Å²) < 4.78 is 0. The molecule has 1 saturated carbocycles.